The molecule has 2 rings (SSSR count). The lowest BCUT2D eigenvalue weighted by molar-refractivity contribution is 0.962. The summed E-state index contributed by atoms with van der Waals surface area (Å²) in [5.41, 5.74) is 4.02. The molecule has 0 radical (unpaired) electrons. The monoisotopic (exact) mass is 261 g/mol. The van der Waals surface area contributed by atoms with Crippen LogP contribution in [-0.2, 0) is 19.4 Å². The van der Waals surface area contributed by atoms with Crippen LogP contribution in [-0.4, -0.2) is 10.2 Å². The molecule has 96 valence electrons. The van der Waals surface area contributed by atoms with Gasteiger partial charge in [0, 0.05) is 5.69 Å². The summed E-state index contributed by atoms with van der Waals surface area (Å²) in [6, 6.07) is 6.51. The Morgan fingerprint density at radius 3 is 2.28 bits per heavy atom. The minimum absolute atomic E-state index is 0.759. The molecule has 4 heteroatoms. The zero-order valence-corrected chi connectivity index (χ0v) is 12.0. The predicted molar refractivity (Wildman–Crippen MR) is 77.2 cm³/mol. The second-order valence-electron chi connectivity index (χ2n) is 4.23. The van der Waals surface area contributed by atoms with Crippen molar-refractivity contribution in [2.45, 2.75) is 40.2 Å². The maximum atomic E-state index is 4.15. The number of rotatable bonds is 5. The van der Waals surface area contributed by atoms with Crippen LogP contribution in [0.15, 0.2) is 18.2 Å². The van der Waals surface area contributed by atoms with E-state index in [0.717, 1.165) is 29.4 Å². The second-order valence-corrected chi connectivity index (χ2v) is 5.49. The first-order valence-electron chi connectivity index (χ1n) is 6.38. The van der Waals surface area contributed by atoms with Crippen LogP contribution in [0, 0.1) is 6.92 Å². The number of nitrogens with one attached hydrogen (secondary N) is 1. The minimum Gasteiger partial charge on any atom is -0.378 e. The molecule has 2 aromatic rings. The Kier molecular flexibility index (Phi) is 4.31. The average molecular weight is 261 g/mol. The van der Waals surface area contributed by atoms with Gasteiger partial charge in [-0.3, -0.25) is 0 Å². The molecule has 0 spiro atoms. The second kappa shape index (κ2) is 5.96. The molecule has 0 atom stereocenters. The van der Waals surface area contributed by atoms with Crippen molar-refractivity contribution in [1.29, 1.82) is 0 Å². The summed E-state index contributed by atoms with van der Waals surface area (Å²) in [6.07, 6.45) is 2.09. The fourth-order valence-corrected chi connectivity index (χ4v) is 2.69. The first-order valence-corrected chi connectivity index (χ1v) is 7.19. The van der Waals surface area contributed by atoms with E-state index in [4.69, 9.17) is 0 Å². The van der Waals surface area contributed by atoms with E-state index in [2.05, 4.69) is 47.6 Å². The van der Waals surface area contributed by atoms with Gasteiger partial charge in [0.05, 0.1) is 6.54 Å². The molecule has 0 aliphatic rings. The normalized spacial score (nSPS) is 10.6. The summed E-state index contributed by atoms with van der Waals surface area (Å²) >= 11 is 1.65. The third-order valence-corrected chi connectivity index (χ3v) is 3.82. The van der Waals surface area contributed by atoms with Crippen LogP contribution >= 0.6 is 11.3 Å². The van der Waals surface area contributed by atoms with Crippen LogP contribution in [0.25, 0.3) is 0 Å². The summed E-state index contributed by atoms with van der Waals surface area (Å²) < 4.78 is 0. The molecule has 0 fully saturated rings. The van der Waals surface area contributed by atoms with Crippen LogP contribution in [0.5, 0.6) is 0 Å². The highest BCUT2D eigenvalue weighted by Gasteiger charge is 2.07. The molecule has 0 saturated heterocycles. The molecule has 1 N–H and O–H groups in total. The van der Waals surface area contributed by atoms with Crippen molar-refractivity contribution in [3.63, 3.8) is 0 Å². The Morgan fingerprint density at radius 2 is 1.78 bits per heavy atom. The number of benzene rings is 1. The largest absolute Gasteiger partial charge is 0.378 e. The molecule has 0 unspecified atom stereocenters. The van der Waals surface area contributed by atoms with Crippen LogP contribution in [0.2, 0.25) is 0 Å². The number of anilines is 1. The Hall–Kier alpha value is -1.42. The third kappa shape index (κ3) is 2.88. The van der Waals surface area contributed by atoms with E-state index in [1.54, 1.807) is 11.3 Å². The van der Waals surface area contributed by atoms with E-state index in [1.165, 1.54) is 16.8 Å². The van der Waals surface area contributed by atoms with Gasteiger partial charge in [-0.15, -0.1) is 10.2 Å². The zero-order chi connectivity index (χ0) is 13.0. The van der Waals surface area contributed by atoms with E-state index in [-0.39, 0.29) is 0 Å². The van der Waals surface area contributed by atoms with Crippen LogP contribution in [0.4, 0.5) is 5.69 Å². The quantitative estimate of drug-likeness (QED) is 0.894. The van der Waals surface area contributed by atoms with E-state index >= 15 is 0 Å². The van der Waals surface area contributed by atoms with Gasteiger partial charge in [-0.05, 0) is 30.9 Å². The number of para-hydroxylation sites is 1. The van der Waals surface area contributed by atoms with Gasteiger partial charge < -0.3 is 5.32 Å². The van der Waals surface area contributed by atoms with E-state index in [9.17, 15) is 0 Å². The van der Waals surface area contributed by atoms with Gasteiger partial charge in [-0.25, -0.2) is 0 Å². The molecule has 3 nitrogen and oxygen atoms in total. The number of aryl methyl sites for hydroxylation is 3. The Labute approximate surface area is 112 Å². The summed E-state index contributed by atoms with van der Waals surface area (Å²) in [7, 11) is 0. The fraction of sp³-hybridized carbons (Fsp3) is 0.429. The van der Waals surface area contributed by atoms with Gasteiger partial charge in [0.15, 0.2) is 0 Å². The molecule has 1 heterocycles. The number of nitrogens with zero attached hydrogens (tertiary/aromatic N) is 2. The molecule has 0 aliphatic heterocycles. The topological polar surface area (TPSA) is 37.8 Å². The molecular formula is C14H19N3S. The van der Waals surface area contributed by atoms with Crippen molar-refractivity contribution in [3.05, 3.63) is 39.3 Å². The highest BCUT2D eigenvalue weighted by atomic mass is 32.1. The summed E-state index contributed by atoms with van der Waals surface area (Å²) in [4.78, 5) is 0. The van der Waals surface area contributed by atoms with Gasteiger partial charge in [0.25, 0.3) is 0 Å². The number of aromatic nitrogens is 2. The van der Waals surface area contributed by atoms with Crippen LogP contribution in [0.3, 0.4) is 0 Å². The van der Waals surface area contributed by atoms with E-state index < -0.39 is 0 Å². The molecule has 1 aromatic carbocycles. The molecule has 18 heavy (non-hydrogen) atoms. The van der Waals surface area contributed by atoms with Gasteiger partial charge >= 0.3 is 0 Å². The summed E-state index contributed by atoms with van der Waals surface area (Å²) in [6.45, 7) is 7.12. The lowest BCUT2D eigenvalue weighted by atomic mass is 10.0. The summed E-state index contributed by atoms with van der Waals surface area (Å²) in [5, 5.41) is 13.8. The molecule has 0 bridgehead atoms. The van der Waals surface area contributed by atoms with E-state index in [1.807, 2.05) is 6.92 Å². The molecule has 0 amide bonds. The van der Waals surface area contributed by atoms with Gasteiger partial charge in [-0.2, -0.15) is 0 Å². The standard InChI is InChI=1S/C14H19N3S/c1-4-11-7-6-8-12(5-2)14(11)15-9-13-17-16-10(3)18-13/h6-8,15H,4-5,9H2,1-3H3. The number of hydrogen-bond donors (Lipinski definition) is 1. The van der Waals surface area contributed by atoms with Crippen molar-refractivity contribution < 1.29 is 0 Å². The Morgan fingerprint density at radius 1 is 1.11 bits per heavy atom. The van der Waals surface area contributed by atoms with Crippen molar-refractivity contribution in [3.8, 4) is 0 Å². The Balaban J connectivity index is 2.17. The Bertz CT molecular complexity index is 497. The van der Waals surface area contributed by atoms with Crippen molar-refractivity contribution >= 4 is 17.0 Å². The van der Waals surface area contributed by atoms with Crippen molar-refractivity contribution in [1.82, 2.24) is 10.2 Å². The minimum atomic E-state index is 0.759. The predicted octanol–water partition coefficient (Wildman–Crippen LogP) is 3.58. The van der Waals surface area contributed by atoms with Gasteiger partial charge in [0.1, 0.15) is 10.0 Å². The SMILES string of the molecule is CCc1cccc(CC)c1NCc1nnc(C)s1. The number of hydrogen-bond acceptors (Lipinski definition) is 4. The van der Waals surface area contributed by atoms with E-state index in [0.29, 0.717) is 0 Å². The first kappa shape index (κ1) is 13.0. The van der Waals surface area contributed by atoms with Crippen LogP contribution < -0.4 is 5.32 Å². The van der Waals surface area contributed by atoms with Crippen molar-refractivity contribution in [2.75, 3.05) is 5.32 Å². The first-order chi connectivity index (χ1) is 8.74. The highest BCUT2D eigenvalue weighted by molar-refractivity contribution is 7.11. The lowest BCUT2D eigenvalue weighted by Gasteiger charge is -2.14. The zero-order valence-electron chi connectivity index (χ0n) is 11.2. The lowest BCUT2D eigenvalue weighted by Crippen LogP contribution is -2.05. The van der Waals surface area contributed by atoms with Gasteiger partial charge in [-0.1, -0.05) is 43.4 Å². The maximum absolute atomic E-state index is 4.15. The third-order valence-electron chi connectivity index (χ3n) is 2.98. The molecular weight excluding hydrogens is 242 g/mol. The molecule has 1 aromatic heterocycles. The molecule has 0 saturated carbocycles. The average Bonchev–Trinajstić information content (AvgIpc) is 2.81. The summed E-state index contributed by atoms with van der Waals surface area (Å²) in [5.74, 6) is 0. The maximum Gasteiger partial charge on any atom is 0.136 e. The highest BCUT2D eigenvalue weighted by Crippen LogP contribution is 2.23. The van der Waals surface area contributed by atoms with Gasteiger partial charge in [0.2, 0.25) is 0 Å². The smallest absolute Gasteiger partial charge is 0.136 e. The fourth-order valence-electron chi connectivity index (χ4n) is 2.04. The van der Waals surface area contributed by atoms with Crippen molar-refractivity contribution in [2.24, 2.45) is 0 Å². The van der Waals surface area contributed by atoms with Crippen LogP contribution in [0.1, 0.15) is 35.0 Å². The molecule has 0 aliphatic carbocycles.